The Morgan fingerprint density at radius 2 is 1.91 bits per heavy atom. The van der Waals surface area contributed by atoms with Gasteiger partial charge in [-0.05, 0) is 42.0 Å². The van der Waals surface area contributed by atoms with Gasteiger partial charge in [0.25, 0.3) is 0 Å². The van der Waals surface area contributed by atoms with E-state index in [4.69, 9.17) is 4.74 Å². The molecule has 0 aliphatic carbocycles. The number of benzene rings is 2. The lowest BCUT2D eigenvalue weighted by Crippen LogP contribution is -2.00. The van der Waals surface area contributed by atoms with Crippen molar-refractivity contribution in [1.82, 2.24) is 4.98 Å². The van der Waals surface area contributed by atoms with Gasteiger partial charge in [0.1, 0.15) is 5.75 Å². The maximum Gasteiger partial charge on any atom is 0.308 e. The highest BCUT2D eigenvalue weighted by molar-refractivity contribution is 9.10. The molecule has 114 valence electrons. The van der Waals surface area contributed by atoms with E-state index in [0.29, 0.717) is 5.75 Å². The summed E-state index contributed by atoms with van der Waals surface area (Å²) in [5, 5.41) is 1.10. The topological polar surface area (TPSA) is 39.2 Å². The predicted molar refractivity (Wildman–Crippen MR) is 96.1 cm³/mol. The van der Waals surface area contributed by atoms with Crippen LogP contribution in [0.25, 0.3) is 23.1 Å². The first kappa shape index (κ1) is 15.4. The van der Waals surface area contributed by atoms with Crippen LogP contribution in [-0.4, -0.2) is 11.0 Å². The van der Waals surface area contributed by atoms with Crippen LogP contribution in [0.15, 0.2) is 59.1 Å². The van der Waals surface area contributed by atoms with Crippen LogP contribution in [0.4, 0.5) is 0 Å². The van der Waals surface area contributed by atoms with Gasteiger partial charge in [0.2, 0.25) is 0 Å². The molecule has 0 saturated heterocycles. The van der Waals surface area contributed by atoms with Gasteiger partial charge in [-0.15, -0.1) is 0 Å². The Kier molecular flexibility index (Phi) is 4.53. The van der Waals surface area contributed by atoms with Crippen molar-refractivity contribution in [3.05, 3.63) is 70.3 Å². The molecule has 0 amide bonds. The van der Waals surface area contributed by atoms with Crippen molar-refractivity contribution in [2.45, 2.75) is 6.92 Å². The van der Waals surface area contributed by atoms with Crippen LogP contribution >= 0.6 is 15.9 Å². The molecule has 3 rings (SSSR count). The first-order valence-corrected chi connectivity index (χ1v) is 7.92. The molecule has 0 N–H and O–H groups in total. The second-order valence-corrected chi connectivity index (χ2v) is 5.99. The van der Waals surface area contributed by atoms with Crippen LogP contribution in [0.3, 0.4) is 0 Å². The Hall–Kier alpha value is -2.46. The molecule has 3 aromatic rings. The second-order valence-electron chi connectivity index (χ2n) is 5.07. The SMILES string of the molecule is CC(=O)Oc1cccc(C=Cc2ccc3ccc(Br)cc3n2)c1. The lowest BCUT2D eigenvalue weighted by Gasteiger charge is -2.02. The van der Waals surface area contributed by atoms with Crippen LogP contribution in [0.1, 0.15) is 18.2 Å². The minimum atomic E-state index is -0.326. The lowest BCUT2D eigenvalue weighted by molar-refractivity contribution is -0.131. The van der Waals surface area contributed by atoms with E-state index in [9.17, 15) is 4.79 Å². The number of aromatic nitrogens is 1. The summed E-state index contributed by atoms with van der Waals surface area (Å²) < 4.78 is 6.09. The zero-order valence-electron chi connectivity index (χ0n) is 12.5. The van der Waals surface area contributed by atoms with Crippen LogP contribution in [0.5, 0.6) is 5.75 Å². The molecule has 0 aliphatic heterocycles. The third kappa shape index (κ3) is 4.05. The van der Waals surface area contributed by atoms with E-state index in [0.717, 1.165) is 26.6 Å². The standard InChI is InChI=1S/C19H14BrNO2/c1-13(22)23-18-4-2-3-14(11-18)5-9-17-10-7-15-6-8-16(20)12-19(15)21-17/h2-12H,1H3. The molecule has 1 aromatic heterocycles. The molecule has 23 heavy (non-hydrogen) atoms. The third-order valence-corrected chi connectivity index (χ3v) is 3.74. The number of pyridine rings is 1. The average molecular weight is 368 g/mol. The van der Waals surface area contributed by atoms with Crippen molar-refractivity contribution in [2.24, 2.45) is 0 Å². The molecule has 0 aliphatic rings. The summed E-state index contributed by atoms with van der Waals surface area (Å²) in [6, 6.07) is 17.4. The molecule has 0 spiro atoms. The van der Waals surface area contributed by atoms with Crippen molar-refractivity contribution in [3.8, 4) is 5.75 Å². The number of nitrogens with zero attached hydrogens (tertiary/aromatic N) is 1. The van der Waals surface area contributed by atoms with Crippen LogP contribution < -0.4 is 4.74 Å². The summed E-state index contributed by atoms with van der Waals surface area (Å²) in [7, 11) is 0. The van der Waals surface area contributed by atoms with Gasteiger partial charge in [-0.25, -0.2) is 4.98 Å². The van der Waals surface area contributed by atoms with E-state index in [1.165, 1.54) is 6.92 Å². The number of rotatable bonds is 3. The summed E-state index contributed by atoms with van der Waals surface area (Å²) in [4.78, 5) is 15.6. The van der Waals surface area contributed by atoms with Gasteiger partial charge in [-0.1, -0.05) is 46.3 Å². The first-order valence-electron chi connectivity index (χ1n) is 7.13. The van der Waals surface area contributed by atoms with E-state index in [1.54, 1.807) is 6.07 Å². The van der Waals surface area contributed by atoms with E-state index in [1.807, 2.05) is 60.7 Å². The number of ether oxygens (including phenoxy) is 1. The Bertz CT molecular complexity index is 903. The summed E-state index contributed by atoms with van der Waals surface area (Å²) in [5.74, 6) is 0.211. The minimum absolute atomic E-state index is 0.326. The van der Waals surface area contributed by atoms with Gasteiger partial charge in [0.15, 0.2) is 0 Å². The Labute approximate surface area is 142 Å². The fourth-order valence-corrected chi connectivity index (χ4v) is 2.58. The maximum atomic E-state index is 11.0. The van der Waals surface area contributed by atoms with Gasteiger partial charge in [0.05, 0.1) is 11.2 Å². The quantitative estimate of drug-likeness (QED) is 0.477. The number of hydrogen-bond donors (Lipinski definition) is 0. The number of carbonyl (C=O) groups excluding carboxylic acids is 1. The molecule has 0 atom stereocenters. The van der Waals surface area contributed by atoms with E-state index in [2.05, 4.69) is 20.9 Å². The van der Waals surface area contributed by atoms with Crippen molar-refractivity contribution in [3.63, 3.8) is 0 Å². The molecule has 1 heterocycles. The van der Waals surface area contributed by atoms with Gasteiger partial charge >= 0.3 is 5.97 Å². The summed E-state index contributed by atoms with van der Waals surface area (Å²) in [5.41, 5.74) is 2.75. The Morgan fingerprint density at radius 1 is 1.09 bits per heavy atom. The van der Waals surface area contributed by atoms with Crippen molar-refractivity contribution in [1.29, 1.82) is 0 Å². The van der Waals surface area contributed by atoms with Gasteiger partial charge in [0, 0.05) is 16.8 Å². The number of carbonyl (C=O) groups is 1. The van der Waals surface area contributed by atoms with Crippen LogP contribution in [0, 0.1) is 0 Å². The smallest absolute Gasteiger partial charge is 0.308 e. The molecular formula is C19H14BrNO2. The molecule has 0 saturated carbocycles. The van der Waals surface area contributed by atoms with Gasteiger partial charge < -0.3 is 4.74 Å². The molecule has 0 radical (unpaired) electrons. The van der Waals surface area contributed by atoms with E-state index in [-0.39, 0.29) is 5.97 Å². The van der Waals surface area contributed by atoms with Crippen molar-refractivity contribution in [2.75, 3.05) is 0 Å². The number of halogens is 1. The zero-order chi connectivity index (χ0) is 16.2. The van der Waals surface area contributed by atoms with Crippen molar-refractivity contribution < 1.29 is 9.53 Å². The highest BCUT2D eigenvalue weighted by Crippen LogP contribution is 2.20. The fraction of sp³-hybridized carbons (Fsp3) is 0.0526. The summed E-state index contributed by atoms with van der Waals surface area (Å²) >= 11 is 3.46. The number of esters is 1. The maximum absolute atomic E-state index is 11.0. The number of fused-ring (bicyclic) bond motifs is 1. The lowest BCUT2D eigenvalue weighted by atomic mass is 10.1. The molecule has 0 unspecified atom stereocenters. The normalized spacial score (nSPS) is 11.0. The Balaban J connectivity index is 1.86. The molecule has 2 aromatic carbocycles. The third-order valence-electron chi connectivity index (χ3n) is 3.24. The highest BCUT2D eigenvalue weighted by atomic mass is 79.9. The summed E-state index contributed by atoms with van der Waals surface area (Å²) in [6.07, 6.45) is 3.88. The van der Waals surface area contributed by atoms with Crippen LogP contribution in [0.2, 0.25) is 0 Å². The van der Waals surface area contributed by atoms with Gasteiger partial charge in [-0.3, -0.25) is 4.79 Å². The molecule has 0 fully saturated rings. The molecular weight excluding hydrogens is 354 g/mol. The molecule has 4 heteroatoms. The monoisotopic (exact) mass is 367 g/mol. The molecule has 0 bridgehead atoms. The zero-order valence-corrected chi connectivity index (χ0v) is 14.1. The number of hydrogen-bond acceptors (Lipinski definition) is 3. The first-order chi connectivity index (χ1) is 11.1. The summed E-state index contributed by atoms with van der Waals surface area (Å²) in [6.45, 7) is 1.39. The largest absolute Gasteiger partial charge is 0.427 e. The average Bonchev–Trinajstić information content (AvgIpc) is 2.52. The Morgan fingerprint density at radius 3 is 2.74 bits per heavy atom. The second kappa shape index (κ2) is 6.75. The minimum Gasteiger partial charge on any atom is -0.427 e. The highest BCUT2D eigenvalue weighted by Gasteiger charge is 1.99. The van der Waals surface area contributed by atoms with Crippen molar-refractivity contribution >= 4 is 45.0 Å². The van der Waals surface area contributed by atoms with E-state index >= 15 is 0 Å². The van der Waals surface area contributed by atoms with Gasteiger partial charge in [-0.2, -0.15) is 0 Å². The molecule has 3 nitrogen and oxygen atoms in total. The van der Waals surface area contributed by atoms with E-state index < -0.39 is 0 Å². The van der Waals surface area contributed by atoms with Crippen LogP contribution in [-0.2, 0) is 4.79 Å². The predicted octanol–water partition coefficient (Wildman–Crippen LogP) is 5.09. The fourth-order valence-electron chi connectivity index (χ4n) is 2.23.